The highest BCUT2D eigenvalue weighted by Gasteiger charge is 2.17. The minimum atomic E-state index is -0.476. The summed E-state index contributed by atoms with van der Waals surface area (Å²) in [5, 5.41) is 8.78. The van der Waals surface area contributed by atoms with E-state index in [2.05, 4.69) is 10.4 Å². The van der Waals surface area contributed by atoms with Crippen molar-refractivity contribution in [1.82, 2.24) is 19.7 Å². The summed E-state index contributed by atoms with van der Waals surface area (Å²) in [5.41, 5.74) is 2.02. The number of nitrogens with zero attached hydrogens (tertiary/aromatic N) is 3. The third-order valence-electron chi connectivity index (χ3n) is 5.16. The van der Waals surface area contributed by atoms with Crippen molar-refractivity contribution in [3.63, 3.8) is 0 Å². The van der Waals surface area contributed by atoms with E-state index in [0.29, 0.717) is 34.8 Å². The number of amides is 1. The van der Waals surface area contributed by atoms with Crippen molar-refractivity contribution in [2.24, 2.45) is 0 Å². The van der Waals surface area contributed by atoms with Crippen molar-refractivity contribution in [1.29, 1.82) is 0 Å². The predicted molar refractivity (Wildman–Crippen MR) is 126 cm³/mol. The number of methoxy groups -OCH3 is 1. The number of nitrogens with one attached hydrogen (secondary N) is 1. The Hall–Kier alpha value is -3.72. The van der Waals surface area contributed by atoms with Crippen molar-refractivity contribution in [2.45, 2.75) is 19.4 Å². The lowest BCUT2D eigenvalue weighted by Gasteiger charge is -2.13. The molecule has 1 N–H and O–H groups in total. The summed E-state index contributed by atoms with van der Waals surface area (Å²) in [6, 6.07) is 12.9. The fourth-order valence-corrected chi connectivity index (χ4v) is 4.28. The number of hydrogen-bond acceptors (Lipinski definition) is 5. The van der Waals surface area contributed by atoms with Crippen LogP contribution in [-0.2, 0) is 6.54 Å². The number of unbranched alkanes of at least 4 members (excludes halogenated alkanes) is 1. The van der Waals surface area contributed by atoms with Crippen LogP contribution in [0.25, 0.3) is 16.9 Å². The first kappa shape index (κ1) is 22.5. The summed E-state index contributed by atoms with van der Waals surface area (Å²) in [7, 11) is 1.47. The molecular formula is C24H23FN4O3S. The van der Waals surface area contributed by atoms with Gasteiger partial charge >= 0.3 is 4.87 Å². The summed E-state index contributed by atoms with van der Waals surface area (Å²) in [4.78, 5) is 25.0. The normalized spacial score (nSPS) is 10.8. The highest BCUT2D eigenvalue weighted by Crippen LogP contribution is 2.29. The molecule has 0 spiro atoms. The summed E-state index contributed by atoms with van der Waals surface area (Å²) in [5.74, 6) is -0.291. The van der Waals surface area contributed by atoms with Crippen LogP contribution in [0.2, 0.25) is 0 Å². The Morgan fingerprint density at radius 3 is 2.85 bits per heavy atom. The Morgan fingerprint density at radius 1 is 1.18 bits per heavy atom. The topological polar surface area (TPSA) is 78.2 Å². The Kier molecular flexibility index (Phi) is 6.99. The van der Waals surface area contributed by atoms with Crippen molar-refractivity contribution in [3.8, 4) is 22.7 Å². The zero-order chi connectivity index (χ0) is 23.2. The van der Waals surface area contributed by atoms with Crippen molar-refractivity contribution >= 4 is 17.2 Å². The van der Waals surface area contributed by atoms with E-state index in [4.69, 9.17) is 4.74 Å². The summed E-state index contributed by atoms with van der Waals surface area (Å²) < 4.78 is 22.5. The molecule has 4 aromatic rings. The molecule has 0 saturated carbocycles. The molecule has 4 rings (SSSR count). The van der Waals surface area contributed by atoms with Crippen LogP contribution in [-0.4, -0.2) is 33.9 Å². The maximum atomic E-state index is 13.9. The van der Waals surface area contributed by atoms with E-state index in [-0.39, 0.29) is 10.8 Å². The Labute approximate surface area is 194 Å². The van der Waals surface area contributed by atoms with Gasteiger partial charge in [0.25, 0.3) is 5.91 Å². The fourth-order valence-electron chi connectivity index (χ4n) is 3.53. The van der Waals surface area contributed by atoms with Gasteiger partial charge in [-0.1, -0.05) is 23.5 Å². The number of carbonyl (C=O) groups is 1. The molecule has 0 atom stereocenters. The monoisotopic (exact) mass is 466 g/mol. The molecule has 2 aromatic carbocycles. The number of halogens is 1. The number of ether oxygens (including phenoxy) is 1. The van der Waals surface area contributed by atoms with Gasteiger partial charge in [-0.15, -0.1) is 0 Å². The molecule has 0 aliphatic carbocycles. The molecule has 0 aliphatic rings. The molecule has 2 heterocycles. The number of aromatic nitrogens is 3. The van der Waals surface area contributed by atoms with E-state index in [1.54, 1.807) is 29.8 Å². The maximum Gasteiger partial charge on any atom is 0.312 e. The predicted octanol–water partition coefficient (Wildman–Crippen LogP) is 4.12. The van der Waals surface area contributed by atoms with Gasteiger partial charge in [-0.3, -0.25) is 18.8 Å². The highest BCUT2D eigenvalue weighted by atomic mass is 32.1. The first-order valence-corrected chi connectivity index (χ1v) is 11.4. The third kappa shape index (κ3) is 5.20. The zero-order valence-electron chi connectivity index (χ0n) is 18.0. The van der Waals surface area contributed by atoms with E-state index in [9.17, 15) is 14.0 Å². The summed E-state index contributed by atoms with van der Waals surface area (Å²) in [6.07, 6.45) is 5.38. The van der Waals surface area contributed by atoms with E-state index in [1.165, 1.54) is 29.9 Å². The van der Waals surface area contributed by atoms with Crippen LogP contribution in [0.5, 0.6) is 5.75 Å². The second kappa shape index (κ2) is 10.3. The van der Waals surface area contributed by atoms with Gasteiger partial charge in [0, 0.05) is 48.1 Å². The number of carbonyl (C=O) groups excluding carboxylic acids is 1. The lowest BCUT2D eigenvalue weighted by Crippen LogP contribution is -2.24. The standard InChI is InChI=1S/C24H23FN4O3S/c1-32-22-9-8-19(25)15-20(22)29-21(16-33-24(29)31)17-6-4-7-18(14-17)23(30)26-10-2-3-12-28-13-5-11-27-28/h4-9,11,13-16H,2-3,10,12H2,1H3,(H,26,30). The van der Waals surface area contributed by atoms with Crippen molar-refractivity contribution < 1.29 is 13.9 Å². The molecular weight excluding hydrogens is 443 g/mol. The molecule has 0 unspecified atom stereocenters. The average molecular weight is 467 g/mol. The minimum absolute atomic E-state index is 0.191. The van der Waals surface area contributed by atoms with Crippen LogP contribution in [0.4, 0.5) is 4.39 Å². The van der Waals surface area contributed by atoms with Gasteiger partial charge in [0.05, 0.1) is 18.5 Å². The second-order valence-corrected chi connectivity index (χ2v) is 8.17. The molecule has 0 bridgehead atoms. The summed E-state index contributed by atoms with van der Waals surface area (Å²) >= 11 is 1.000. The lowest BCUT2D eigenvalue weighted by molar-refractivity contribution is 0.0953. The Morgan fingerprint density at radius 2 is 2.06 bits per heavy atom. The van der Waals surface area contributed by atoms with Gasteiger partial charge in [0.15, 0.2) is 0 Å². The van der Waals surface area contributed by atoms with Gasteiger partial charge in [0.1, 0.15) is 11.6 Å². The van der Waals surface area contributed by atoms with Crippen LogP contribution >= 0.6 is 11.3 Å². The van der Waals surface area contributed by atoms with Gasteiger partial charge in [0.2, 0.25) is 0 Å². The minimum Gasteiger partial charge on any atom is -0.495 e. The molecule has 1 amide bonds. The van der Waals surface area contributed by atoms with Crippen LogP contribution in [0.1, 0.15) is 23.2 Å². The van der Waals surface area contributed by atoms with Crippen LogP contribution in [0, 0.1) is 5.82 Å². The molecule has 0 fully saturated rings. The molecule has 9 heteroatoms. The smallest absolute Gasteiger partial charge is 0.312 e. The van der Waals surface area contributed by atoms with E-state index >= 15 is 0 Å². The third-order valence-corrected chi connectivity index (χ3v) is 5.88. The van der Waals surface area contributed by atoms with E-state index in [0.717, 1.165) is 30.7 Å². The molecule has 2 aromatic heterocycles. The largest absolute Gasteiger partial charge is 0.495 e. The first-order valence-electron chi connectivity index (χ1n) is 10.5. The molecule has 0 aliphatic heterocycles. The molecule has 7 nitrogen and oxygen atoms in total. The molecule has 33 heavy (non-hydrogen) atoms. The van der Waals surface area contributed by atoms with Crippen LogP contribution < -0.4 is 14.9 Å². The van der Waals surface area contributed by atoms with Gasteiger partial charge in [-0.2, -0.15) is 5.10 Å². The lowest BCUT2D eigenvalue weighted by atomic mass is 10.1. The molecule has 170 valence electrons. The summed E-state index contributed by atoms with van der Waals surface area (Å²) in [6.45, 7) is 1.35. The number of hydrogen-bond donors (Lipinski definition) is 1. The van der Waals surface area contributed by atoms with Gasteiger partial charge < -0.3 is 10.1 Å². The quantitative estimate of drug-likeness (QED) is 0.377. The van der Waals surface area contributed by atoms with Crippen molar-refractivity contribution in [2.75, 3.05) is 13.7 Å². The Balaban J connectivity index is 1.50. The average Bonchev–Trinajstić information content (AvgIpc) is 3.48. The van der Waals surface area contributed by atoms with Gasteiger partial charge in [-0.25, -0.2) is 4.39 Å². The number of thiazole rings is 1. The number of rotatable bonds is 9. The van der Waals surface area contributed by atoms with Gasteiger partial charge in [-0.05, 0) is 43.2 Å². The van der Waals surface area contributed by atoms with Crippen LogP contribution in [0.3, 0.4) is 0 Å². The SMILES string of the molecule is COc1ccc(F)cc1-n1c(-c2cccc(C(=O)NCCCCn3cccn3)c2)csc1=O. The molecule has 0 radical (unpaired) electrons. The van der Waals surface area contributed by atoms with Crippen LogP contribution in [0.15, 0.2) is 71.1 Å². The van der Waals surface area contributed by atoms with E-state index < -0.39 is 5.82 Å². The number of aryl methyl sites for hydroxylation is 1. The molecule has 0 saturated heterocycles. The first-order chi connectivity index (χ1) is 16.1. The van der Waals surface area contributed by atoms with Crippen molar-refractivity contribution in [3.05, 3.63) is 87.4 Å². The highest BCUT2D eigenvalue weighted by molar-refractivity contribution is 7.07. The zero-order valence-corrected chi connectivity index (χ0v) is 18.8. The fraction of sp³-hybridized carbons (Fsp3) is 0.208. The maximum absolute atomic E-state index is 13.9. The Bertz CT molecular complexity index is 1300. The van der Waals surface area contributed by atoms with E-state index in [1.807, 2.05) is 23.0 Å². The second-order valence-electron chi connectivity index (χ2n) is 7.35. The number of benzene rings is 2.